The van der Waals surface area contributed by atoms with Gasteiger partial charge in [0, 0.05) is 32.3 Å². The van der Waals surface area contributed by atoms with Crippen molar-refractivity contribution in [2.75, 3.05) is 25.1 Å². The van der Waals surface area contributed by atoms with Crippen molar-refractivity contribution >= 4 is 29.9 Å². The third kappa shape index (κ3) is 4.22. The molecular weight excluding hydrogens is 284 g/mol. The van der Waals surface area contributed by atoms with Crippen LogP contribution in [0.2, 0.25) is 0 Å². The smallest absolute Gasteiger partial charge is 0.265 e. The predicted octanol–water partition coefficient (Wildman–Crippen LogP) is -0.137. The summed E-state index contributed by atoms with van der Waals surface area (Å²) in [6.45, 7) is 1.97. The number of primary amides is 1. The number of aromatic nitrogens is 1. The minimum absolute atomic E-state index is 0. The van der Waals surface area contributed by atoms with Gasteiger partial charge in [0.15, 0.2) is 0 Å². The van der Waals surface area contributed by atoms with Crippen molar-refractivity contribution in [3.8, 4) is 0 Å². The number of carbonyl (C=O) groups excluding carboxylic acids is 2. The van der Waals surface area contributed by atoms with Gasteiger partial charge in [0.05, 0.1) is 18.9 Å². The van der Waals surface area contributed by atoms with Gasteiger partial charge in [0.25, 0.3) is 5.91 Å². The predicted molar refractivity (Wildman–Crippen MR) is 77.0 cm³/mol. The van der Waals surface area contributed by atoms with E-state index in [2.05, 4.69) is 10.6 Å². The van der Waals surface area contributed by atoms with Crippen LogP contribution in [-0.2, 0) is 16.6 Å². The third-order valence-electron chi connectivity index (χ3n) is 2.97. The van der Waals surface area contributed by atoms with Crippen LogP contribution < -0.4 is 16.4 Å². The maximum atomic E-state index is 11.8. The number of amides is 2. The van der Waals surface area contributed by atoms with Crippen LogP contribution in [0.4, 0.5) is 5.69 Å². The normalized spacial score (nSPS) is 18.1. The standard InChI is InChI=1S/C12H18N4O3.ClH/c1-16-6-8(4-10(16)12(13)18)15-11(17)5-9-7-19-3-2-14-9;/h4,6,9,14H,2-3,5,7H2,1H3,(H2,13,18)(H,15,17);1H. The van der Waals surface area contributed by atoms with Crippen LogP contribution in [0, 0.1) is 0 Å². The summed E-state index contributed by atoms with van der Waals surface area (Å²) >= 11 is 0. The first-order valence-electron chi connectivity index (χ1n) is 6.13. The molecule has 0 bridgehead atoms. The molecule has 1 aromatic heterocycles. The van der Waals surface area contributed by atoms with Crippen LogP contribution in [0.1, 0.15) is 16.9 Å². The summed E-state index contributed by atoms with van der Waals surface area (Å²) in [6.07, 6.45) is 1.99. The molecule has 0 radical (unpaired) electrons. The minimum Gasteiger partial charge on any atom is -0.378 e. The highest BCUT2D eigenvalue weighted by Gasteiger charge is 2.17. The van der Waals surface area contributed by atoms with Gasteiger partial charge in [-0.1, -0.05) is 0 Å². The molecule has 2 rings (SSSR count). The van der Waals surface area contributed by atoms with Crippen molar-refractivity contribution in [1.29, 1.82) is 0 Å². The van der Waals surface area contributed by atoms with Crippen LogP contribution in [-0.4, -0.2) is 42.2 Å². The Kier molecular flexibility index (Phi) is 6.00. The highest BCUT2D eigenvalue weighted by molar-refractivity contribution is 5.95. The second-order valence-corrected chi connectivity index (χ2v) is 4.57. The molecule has 1 fully saturated rings. The molecule has 8 heteroatoms. The lowest BCUT2D eigenvalue weighted by atomic mass is 10.2. The first kappa shape index (κ1) is 16.5. The molecule has 2 amide bonds. The number of aryl methyl sites for hydroxylation is 1. The maximum absolute atomic E-state index is 11.8. The van der Waals surface area contributed by atoms with Crippen LogP contribution in [0.15, 0.2) is 12.3 Å². The zero-order valence-electron chi connectivity index (χ0n) is 11.2. The van der Waals surface area contributed by atoms with Crippen LogP contribution in [0.25, 0.3) is 0 Å². The second kappa shape index (κ2) is 7.28. The van der Waals surface area contributed by atoms with Crippen molar-refractivity contribution in [3.63, 3.8) is 0 Å². The largest absolute Gasteiger partial charge is 0.378 e. The quantitative estimate of drug-likeness (QED) is 0.721. The molecule has 0 aliphatic carbocycles. The van der Waals surface area contributed by atoms with Gasteiger partial charge in [-0.25, -0.2) is 0 Å². The van der Waals surface area contributed by atoms with Crippen molar-refractivity contribution in [1.82, 2.24) is 9.88 Å². The van der Waals surface area contributed by atoms with E-state index < -0.39 is 5.91 Å². The van der Waals surface area contributed by atoms with E-state index in [9.17, 15) is 9.59 Å². The molecule has 20 heavy (non-hydrogen) atoms. The number of nitrogens with one attached hydrogen (secondary N) is 2. The van der Waals surface area contributed by atoms with Crippen LogP contribution in [0.5, 0.6) is 0 Å². The molecule has 112 valence electrons. The summed E-state index contributed by atoms with van der Waals surface area (Å²) in [4.78, 5) is 22.9. The molecule has 0 spiro atoms. The monoisotopic (exact) mass is 302 g/mol. The summed E-state index contributed by atoms with van der Waals surface area (Å²) in [5, 5.41) is 5.95. The SMILES string of the molecule is Cl.Cn1cc(NC(=O)CC2COCCN2)cc1C(N)=O. The number of ether oxygens (including phenoxy) is 1. The molecule has 1 aromatic rings. The van der Waals surface area contributed by atoms with Gasteiger partial charge in [0.2, 0.25) is 5.91 Å². The molecule has 2 heterocycles. The van der Waals surface area contributed by atoms with Gasteiger partial charge in [-0.2, -0.15) is 0 Å². The zero-order valence-corrected chi connectivity index (χ0v) is 12.0. The zero-order chi connectivity index (χ0) is 13.8. The number of anilines is 1. The summed E-state index contributed by atoms with van der Waals surface area (Å²) in [5.74, 6) is -0.644. The first-order chi connectivity index (χ1) is 9.06. The Balaban J connectivity index is 0.00000200. The van der Waals surface area contributed by atoms with E-state index in [-0.39, 0.29) is 24.4 Å². The van der Waals surface area contributed by atoms with E-state index in [4.69, 9.17) is 10.5 Å². The average molecular weight is 303 g/mol. The molecule has 1 unspecified atom stereocenters. The summed E-state index contributed by atoms with van der Waals surface area (Å²) in [7, 11) is 1.70. The topological polar surface area (TPSA) is 98.4 Å². The number of morpholine rings is 1. The molecule has 1 atom stereocenters. The average Bonchev–Trinajstić information content (AvgIpc) is 2.71. The molecule has 7 nitrogen and oxygen atoms in total. The number of nitrogens with zero attached hydrogens (tertiary/aromatic N) is 1. The highest BCUT2D eigenvalue weighted by atomic mass is 35.5. The fraction of sp³-hybridized carbons (Fsp3) is 0.500. The van der Waals surface area contributed by atoms with Crippen LogP contribution >= 0.6 is 12.4 Å². The van der Waals surface area contributed by atoms with Crippen molar-refractivity contribution in [3.05, 3.63) is 18.0 Å². The van der Waals surface area contributed by atoms with Crippen molar-refractivity contribution < 1.29 is 14.3 Å². The second-order valence-electron chi connectivity index (χ2n) is 4.57. The van der Waals surface area contributed by atoms with Crippen LogP contribution in [0.3, 0.4) is 0 Å². The van der Waals surface area contributed by atoms with Gasteiger partial charge in [-0.05, 0) is 6.07 Å². The van der Waals surface area contributed by atoms with E-state index in [1.165, 1.54) is 0 Å². The molecular formula is C12H19ClN4O3. The highest BCUT2D eigenvalue weighted by Crippen LogP contribution is 2.13. The van der Waals surface area contributed by atoms with Crippen molar-refractivity contribution in [2.24, 2.45) is 12.8 Å². The Labute approximate surface area is 123 Å². The first-order valence-corrected chi connectivity index (χ1v) is 6.13. The van der Waals surface area contributed by atoms with Gasteiger partial charge < -0.3 is 25.7 Å². The van der Waals surface area contributed by atoms with Crippen molar-refractivity contribution in [2.45, 2.75) is 12.5 Å². The Morgan fingerprint density at radius 2 is 2.35 bits per heavy atom. The molecule has 4 N–H and O–H groups in total. The van der Waals surface area contributed by atoms with E-state index in [0.29, 0.717) is 31.0 Å². The Morgan fingerprint density at radius 3 is 2.90 bits per heavy atom. The Hall–Kier alpha value is -1.57. The lowest BCUT2D eigenvalue weighted by Gasteiger charge is -2.23. The van der Waals surface area contributed by atoms with Gasteiger partial charge in [-0.3, -0.25) is 9.59 Å². The lowest BCUT2D eigenvalue weighted by Crippen LogP contribution is -2.43. The number of halogens is 1. The summed E-state index contributed by atoms with van der Waals surface area (Å²) < 4.78 is 6.86. The number of hydrogen-bond donors (Lipinski definition) is 3. The Bertz CT molecular complexity index is 483. The van der Waals surface area contributed by atoms with E-state index in [1.54, 1.807) is 23.9 Å². The van der Waals surface area contributed by atoms with E-state index >= 15 is 0 Å². The molecule has 1 saturated heterocycles. The molecule has 0 saturated carbocycles. The minimum atomic E-state index is -0.523. The number of nitrogens with two attached hydrogens (primary N) is 1. The van der Waals surface area contributed by atoms with E-state index in [0.717, 1.165) is 6.54 Å². The lowest BCUT2D eigenvalue weighted by molar-refractivity contribution is -0.117. The molecule has 1 aliphatic heterocycles. The number of carbonyl (C=O) groups is 2. The fourth-order valence-corrected chi connectivity index (χ4v) is 2.06. The Morgan fingerprint density at radius 1 is 1.60 bits per heavy atom. The maximum Gasteiger partial charge on any atom is 0.265 e. The van der Waals surface area contributed by atoms with Gasteiger partial charge in [0.1, 0.15) is 5.69 Å². The summed E-state index contributed by atoms with van der Waals surface area (Å²) in [5.41, 5.74) is 6.13. The third-order valence-corrected chi connectivity index (χ3v) is 2.97. The number of hydrogen-bond acceptors (Lipinski definition) is 4. The molecule has 1 aliphatic rings. The fourth-order valence-electron chi connectivity index (χ4n) is 2.06. The molecule has 0 aromatic carbocycles. The number of rotatable bonds is 4. The summed E-state index contributed by atoms with van der Waals surface area (Å²) in [6, 6.07) is 1.60. The van der Waals surface area contributed by atoms with E-state index in [1.807, 2.05) is 0 Å². The van der Waals surface area contributed by atoms with Gasteiger partial charge in [-0.15, -0.1) is 12.4 Å². The van der Waals surface area contributed by atoms with Gasteiger partial charge >= 0.3 is 0 Å².